The maximum absolute atomic E-state index is 12.8. The number of amides is 1. The number of fused-ring (bicyclic) bond motifs is 1. The number of halogens is 1. The minimum atomic E-state index is -0.187. The summed E-state index contributed by atoms with van der Waals surface area (Å²) in [6.45, 7) is 4.29. The van der Waals surface area contributed by atoms with Crippen LogP contribution in [0.3, 0.4) is 0 Å². The molecule has 4 rings (SSSR count). The van der Waals surface area contributed by atoms with E-state index in [4.69, 9.17) is 16.3 Å². The van der Waals surface area contributed by atoms with Gasteiger partial charge in [-0.25, -0.2) is 0 Å². The van der Waals surface area contributed by atoms with E-state index in [-0.39, 0.29) is 11.7 Å². The first kappa shape index (κ1) is 24.3. The molecule has 0 radical (unpaired) electrons. The van der Waals surface area contributed by atoms with Crippen molar-refractivity contribution in [3.8, 4) is 23.2 Å². The number of ether oxygens (including phenoxy) is 1. The van der Waals surface area contributed by atoms with Crippen LogP contribution in [-0.2, 0) is 24.2 Å². The Hall–Kier alpha value is -2.80. The summed E-state index contributed by atoms with van der Waals surface area (Å²) in [5.41, 5.74) is 2.43. The second-order valence-corrected chi connectivity index (χ2v) is 10.3. The molecule has 0 bridgehead atoms. The number of benzene rings is 1. The molecule has 0 aliphatic heterocycles. The molecular weight excluding hydrogens is 490 g/mol. The van der Waals surface area contributed by atoms with Gasteiger partial charge in [0.2, 0.25) is 5.91 Å². The third-order valence-electron chi connectivity index (χ3n) is 5.55. The first-order valence-electron chi connectivity index (χ1n) is 10.9. The molecule has 10 heteroatoms. The molecule has 1 aliphatic carbocycles. The summed E-state index contributed by atoms with van der Waals surface area (Å²) >= 11 is 9.01. The molecule has 2 aromatic heterocycles. The maximum Gasteiger partial charge on any atom is 0.235 e. The summed E-state index contributed by atoms with van der Waals surface area (Å²) in [7, 11) is 1.58. The highest BCUT2D eigenvalue weighted by atomic mass is 35.5. The van der Waals surface area contributed by atoms with Crippen molar-refractivity contribution < 1.29 is 9.53 Å². The number of aromatic nitrogens is 3. The van der Waals surface area contributed by atoms with Crippen LogP contribution < -0.4 is 10.1 Å². The van der Waals surface area contributed by atoms with Gasteiger partial charge < -0.3 is 10.1 Å². The number of nitrogens with zero attached hydrogens (tertiary/aromatic N) is 4. The van der Waals surface area contributed by atoms with E-state index in [0.29, 0.717) is 44.4 Å². The molecule has 7 nitrogen and oxygen atoms in total. The van der Waals surface area contributed by atoms with E-state index in [2.05, 4.69) is 28.2 Å². The van der Waals surface area contributed by atoms with Crippen LogP contribution in [0.2, 0.25) is 5.02 Å². The number of carbonyl (C=O) groups is 1. The Morgan fingerprint density at radius 3 is 2.97 bits per heavy atom. The monoisotopic (exact) mass is 513 g/mol. The van der Waals surface area contributed by atoms with E-state index in [1.54, 1.807) is 31.4 Å². The van der Waals surface area contributed by atoms with E-state index in [9.17, 15) is 10.1 Å². The summed E-state index contributed by atoms with van der Waals surface area (Å²) in [6, 6.07) is 7.60. The van der Waals surface area contributed by atoms with Crippen LogP contribution >= 0.6 is 34.7 Å². The number of hydrogen-bond acceptors (Lipinski definition) is 7. The number of allylic oxidation sites excluding steroid dienone is 1. The van der Waals surface area contributed by atoms with Crippen LogP contribution in [0.5, 0.6) is 5.75 Å². The van der Waals surface area contributed by atoms with Gasteiger partial charge in [0, 0.05) is 16.4 Å². The topological polar surface area (TPSA) is 92.8 Å². The summed E-state index contributed by atoms with van der Waals surface area (Å²) in [5.74, 6) is 1.15. The fourth-order valence-electron chi connectivity index (χ4n) is 3.99. The Balaban J connectivity index is 1.51. The predicted molar refractivity (Wildman–Crippen MR) is 137 cm³/mol. The van der Waals surface area contributed by atoms with Crippen molar-refractivity contribution in [3.05, 3.63) is 51.9 Å². The van der Waals surface area contributed by atoms with Crippen molar-refractivity contribution in [1.29, 1.82) is 5.26 Å². The quantitative estimate of drug-likeness (QED) is 0.235. The van der Waals surface area contributed by atoms with Gasteiger partial charge in [-0.05, 0) is 49.4 Å². The van der Waals surface area contributed by atoms with Crippen LogP contribution in [0.15, 0.2) is 36.0 Å². The molecule has 2 heterocycles. The first-order chi connectivity index (χ1) is 16.5. The molecule has 0 saturated carbocycles. The Bertz CT molecular complexity index is 1260. The zero-order valence-electron chi connectivity index (χ0n) is 18.8. The van der Waals surface area contributed by atoms with Crippen LogP contribution in [0.1, 0.15) is 35.3 Å². The standard InChI is InChI=1S/C24H24ClN5O2S2/c1-3-11-30-22(17-12-15(25)9-10-19(17)32-2)28-29-24(30)33-14-21(31)27-23-18(13-26)16-7-5-4-6-8-20(16)34-23/h3,9-10,12H,1,4-8,11,14H2,2H3,(H,27,31). The molecule has 0 fully saturated rings. The molecule has 0 unspecified atom stereocenters. The van der Waals surface area contributed by atoms with Gasteiger partial charge in [0.25, 0.3) is 0 Å². The third-order valence-corrected chi connectivity index (χ3v) is 7.96. The van der Waals surface area contributed by atoms with Crippen molar-refractivity contribution in [3.63, 3.8) is 0 Å². The smallest absolute Gasteiger partial charge is 0.235 e. The number of aryl methyl sites for hydroxylation is 1. The molecule has 0 spiro atoms. The largest absolute Gasteiger partial charge is 0.496 e. The summed E-state index contributed by atoms with van der Waals surface area (Å²) in [6.07, 6.45) is 7.01. The summed E-state index contributed by atoms with van der Waals surface area (Å²) in [4.78, 5) is 14.0. The van der Waals surface area contributed by atoms with E-state index in [1.807, 2.05) is 4.57 Å². The average molecular weight is 514 g/mol. The number of methoxy groups -OCH3 is 1. The zero-order chi connectivity index (χ0) is 24.1. The summed E-state index contributed by atoms with van der Waals surface area (Å²) < 4.78 is 7.33. The Morgan fingerprint density at radius 2 is 2.21 bits per heavy atom. The molecule has 0 atom stereocenters. The van der Waals surface area contributed by atoms with Gasteiger partial charge in [0.15, 0.2) is 11.0 Å². The Kier molecular flexibility index (Phi) is 7.93. The van der Waals surface area contributed by atoms with Crippen LogP contribution in [0.4, 0.5) is 5.00 Å². The lowest BCUT2D eigenvalue weighted by molar-refractivity contribution is -0.113. The Morgan fingerprint density at radius 1 is 1.38 bits per heavy atom. The van der Waals surface area contributed by atoms with Crippen molar-refractivity contribution in [2.45, 2.75) is 43.8 Å². The molecule has 1 aliphatic rings. The Labute approximate surface area is 211 Å². The van der Waals surface area contributed by atoms with Crippen molar-refractivity contribution in [2.24, 2.45) is 0 Å². The number of hydrogen-bond donors (Lipinski definition) is 1. The number of anilines is 1. The average Bonchev–Trinajstić information content (AvgIpc) is 3.29. The van der Waals surface area contributed by atoms with Crippen LogP contribution in [0, 0.1) is 11.3 Å². The number of carbonyl (C=O) groups excluding carboxylic acids is 1. The van der Waals surface area contributed by atoms with Gasteiger partial charge in [-0.2, -0.15) is 5.26 Å². The number of nitrogens with one attached hydrogen (secondary N) is 1. The number of thioether (sulfide) groups is 1. The predicted octanol–water partition coefficient (Wildman–Crippen LogP) is 5.73. The van der Waals surface area contributed by atoms with E-state index < -0.39 is 0 Å². The molecule has 34 heavy (non-hydrogen) atoms. The SMILES string of the molecule is C=CCn1c(SCC(=O)Nc2sc3c(c2C#N)CCCCC3)nnc1-c1cc(Cl)ccc1OC. The van der Waals surface area contributed by atoms with Gasteiger partial charge in [-0.1, -0.05) is 35.9 Å². The molecule has 1 N–H and O–H groups in total. The lowest BCUT2D eigenvalue weighted by atomic mass is 10.1. The molecule has 176 valence electrons. The van der Waals surface area contributed by atoms with E-state index >= 15 is 0 Å². The van der Waals surface area contributed by atoms with Gasteiger partial charge in [0.1, 0.15) is 16.8 Å². The maximum atomic E-state index is 12.8. The molecule has 1 aromatic carbocycles. The van der Waals surface area contributed by atoms with Crippen LogP contribution in [-0.4, -0.2) is 33.5 Å². The van der Waals surface area contributed by atoms with Gasteiger partial charge in [0.05, 0.1) is 24.0 Å². The second-order valence-electron chi connectivity index (χ2n) is 7.77. The molecule has 1 amide bonds. The molecule has 0 saturated heterocycles. The number of thiophene rings is 1. The van der Waals surface area contributed by atoms with Crippen molar-refractivity contribution in [2.75, 3.05) is 18.2 Å². The normalized spacial score (nSPS) is 13.0. The lowest BCUT2D eigenvalue weighted by Crippen LogP contribution is -2.14. The highest BCUT2D eigenvalue weighted by Crippen LogP contribution is 2.37. The fraction of sp³-hybridized carbons (Fsp3) is 0.333. The zero-order valence-corrected chi connectivity index (χ0v) is 21.2. The molecular formula is C24H24ClN5O2S2. The lowest BCUT2D eigenvalue weighted by Gasteiger charge is -2.11. The van der Waals surface area contributed by atoms with Crippen molar-refractivity contribution in [1.82, 2.24) is 14.8 Å². The number of rotatable bonds is 8. The summed E-state index contributed by atoms with van der Waals surface area (Å²) in [5, 5.41) is 23.0. The first-order valence-corrected chi connectivity index (χ1v) is 13.1. The van der Waals surface area contributed by atoms with E-state index in [0.717, 1.165) is 31.2 Å². The highest BCUT2D eigenvalue weighted by Gasteiger charge is 2.22. The number of nitriles is 1. The molecule has 3 aromatic rings. The third kappa shape index (κ3) is 5.14. The minimum Gasteiger partial charge on any atom is -0.496 e. The fourth-order valence-corrected chi connectivity index (χ4v) is 6.16. The highest BCUT2D eigenvalue weighted by molar-refractivity contribution is 7.99. The van der Waals surface area contributed by atoms with Gasteiger partial charge in [-0.15, -0.1) is 28.1 Å². The van der Waals surface area contributed by atoms with Gasteiger partial charge >= 0.3 is 0 Å². The van der Waals surface area contributed by atoms with Crippen molar-refractivity contribution >= 4 is 45.6 Å². The second kappa shape index (κ2) is 11.1. The van der Waals surface area contributed by atoms with Crippen LogP contribution in [0.25, 0.3) is 11.4 Å². The van der Waals surface area contributed by atoms with E-state index in [1.165, 1.54) is 34.4 Å². The minimum absolute atomic E-state index is 0.134. The van der Waals surface area contributed by atoms with Gasteiger partial charge in [-0.3, -0.25) is 9.36 Å².